The summed E-state index contributed by atoms with van der Waals surface area (Å²) in [6.07, 6.45) is 0. The minimum absolute atomic E-state index is 0.00315. The van der Waals surface area contributed by atoms with E-state index < -0.39 is 10.0 Å². The average Bonchev–Trinajstić information content (AvgIpc) is 2.71. The molecule has 7 nitrogen and oxygen atoms in total. The SMILES string of the molecule is CN=C(NCc1cccc(S(=O)(=O)NCCOC)c1)NC(C)c1cccc(Cl)c1. The van der Waals surface area contributed by atoms with Gasteiger partial charge < -0.3 is 15.4 Å². The van der Waals surface area contributed by atoms with Crippen molar-refractivity contribution in [2.75, 3.05) is 27.3 Å². The molecule has 0 aliphatic rings. The van der Waals surface area contributed by atoms with Crippen LogP contribution in [-0.2, 0) is 21.3 Å². The fourth-order valence-corrected chi connectivity index (χ4v) is 3.91. The van der Waals surface area contributed by atoms with Gasteiger partial charge in [0.25, 0.3) is 0 Å². The Hall–Kier alpha value is -2.13. The minimum Gasteiger partial charge on any atom is -0.383 e. The van der Waals surface area contributed by atoms with E-state index in [0.29, 0.717) is 24.1 Å². The van der Waals surface area contributed by atoms with Crippen LogP contribution in [0.5, 0.6) is 0 Å². The quantitative estimate of drug-likeness (QED) is 0.318. The predicted molar refractivity (Wildman–Crippen MR) is 117 cm³/mol. The minimum atomic E-state index is -3.57. The molecule has 2 aromatic rings. The van der Waals surface area contributed by atoms with Crippen LogP contribution in [0.15, 0.2) is 58.4 Å². The fourth-order valence-electron chi connectivity index (χ4n) is 2.63. The Bertz CT molecular complexity index is 935. The molecule has 9 heteroatoms. The van der Waals surface area contributed by atoms with E-state index in [1.165, 1.54) is 7.11 Å². The van der Waals surface area contributed by atoms with Crippen LogP contribution < -0.4 is 15.4 Å². The summed E-state index contributed by atoms with van der Waals surface area (Å²) in [5, 5.41) is 7.18. The molecule has 0 bridgehead atoms. The van der Waals surface area contributed by atoms with Crippen molar-refractivity contribution >= 4 is 27.6 Å². The summed E-state index contributed by atoms with van der Waals surface area (Å²) in [5.41, 5.74) is 1.86. The lowest BCUT2D eigenvalue weighted by Gasteiger charge is -2.18. The van der Waals surface area contributed by atoms with Crippen LogP contribution in [0.1, 0.15) is 24.1 Å². The van der Waals surface area contributed by atoms with Crippen molar-refractivity contribution in [2.24, 2.45) is 4.99 Å². The van der Waals surface area contributed by atoms with Crippen LogP contribution in [0.4, 0.5) is 0 Å². The van der Waals surface area contributed by atoms with Crippen LogP contribution in [0.3, 0.4) is 0 Å². The van der Waals surface area contributed by atoms with Gasteiger partial charge in [0.1, 0.15) is 0 Å². The summed E-state index contributed by atoms with van der Waals surface area (Å²) in [7, 11) is -0.371. The van der Waals surface area contributed by atoms with E-state index in [4.69, 9.17) is 16.3 Å². The number of methoxy groups -OCH3 is 1. The second-order valence-corrected chi connectivity index (χ2v) is 8.59. The standard InChI is InChI=1S/C20H27ClN4O3S/c1-15(17-7-5-8-18(21)13-17)25-20(22-2)23-14-16-6-4-9-19(12-16)29(26,27)24-10-11-28-3/h4-9,12-13,15,24H,10-11,14H2,1-3H3,(H2,22,23,25). The molecule has 0 aliphatic heterocycles. The molecule has 158 valence electrons. The van der Waals surface area contributed by atoms with Gasteiger partial charge in [-0.05, 0) is 42.3 Å². The molecule has 1 atom stereocenters. The molecule has 1 unspecified atom stereocenters. The van der Waals surface area contributed by atoms with Gasteiger partial charge in [-0.3, -0.25) is 4.99 Å². The number of ether oxygens (including phenoxy) is 1. The number of nitrogens with zero attached hydrogens (tertiary/aromatic N) is 1. The Morgan fingerprint density at radius 1 is 1.21 bits per heavy atom. The Kier molecular flexibility index (Phi) is 8.91. The smallest absolute Gasteiger partial charge is 0.240 e. The van der Waals surface area contributed by atoms with Gasteiger partial charge >= 0.3 is 0 Å². The molecule has 2 aromatic carbocycles. The van der Waals surface area contributed by atoms with Crippen molar-refractivity contribution in [1.82, 2.24) is 15.4 Å². The zero-order valence-electron chi connectivity index (χ0n) is 16.8. The van der Waals surface area contributed by atoms with Crippen LogP contribution in [0, 0.1) is 0 Å². The van der Waals surface area contributed by atoms with E-state index >= 15 is 0 Å². The van der Waals surface area contributed by atoms with Gasteiger partial charge in [-0.1, -0.05) is 35.9 Å². The number of nitrogens with one attached hydrogen (secondary N) is 3. The van der Waals surface area contributed by atoms with Crippen molar-refractivity contribution in [1.29, 1.82) is 0 Å². The maximum Gasteiger partial charge on any atom is 0.240 e. The molecule has 0 saturated heterocycles. The Labute approximate surface area is 177 Å². The molecular weight excluding hydrogens is 412 g/mol. The number of benzene rings is 2. The molecule has 2 rings (SSSR count). The first-order valence-corrected chi connectivity index (χ1v) is 11.0. The Morgan fingerprint density at radius 2 is 1.97 bits per heavy atom. The van der Waals surface area contributed by atoms with Crippen molar-refractivity contribution in [3.05, 3.63) is 64.7 Å². The number of halogens is 1. The van der Waals surface area contributed by atoms with Gasteiger partial charge in [-0.25, -0.2) is 13.1 Å². The number of hydrogen-bond acceptors (Lipinski definition) is 4. The molecule has 0 radical (unpaired) electrons. The highest BCUT2D eigenvalue weighted by molar-refractivity contribution is 7.89. The van der Waals surface area contributed by atoms with E-state index in [0.717, 1.165) is 11.1 Å². The molecule has 0 aromatic heterocycles. The summed E-state index contributed by atoms with van der Waals surface area (Å²) in [6.45, 7) is 2.97. The molecule has 29 heavy (non-hydrogen) atoms. The van der Waals surface area contributed by atoms with Crippen molar-refractivity contribution < 1.29 is 13.2 Å². The van der Waals surface area contributed by atoms with Crippen LogP contribution >= 0.6 is 11.6 Å². The molecule has 0 fully saturated rings. The third-order valence-electron chi connectivity index (χ3n) is 4.19. The summed E-state index contributed by atoms with van der Waals surface area (Å²) >= 11 is 6.06. The fraction of sp³-hybridized carbons (Fsp3) is 0.350. The summed E-state index contributed by atoms with van der Waals surface area (Å²) in [6, 6.07) is 14.4. The highest BCUT2D eigenvalue weighted by Crippen LogP contribution is 2.17. The Balaban J connectivity index is 1.99. The third kappa shape index (κ3) is 7.32. The molecule has 0 spiro atoms. The van der Waals surface area contributed by atoms with Crippen molar-refractivity contribution in [3.8, 4) is 0 Å². The second-order valence-electron chi connectivity index (χ2n) is 6.38. The lowest BCUT2D eigenvalue weighted by Crippen LogP contribution is -2.38. The first-order chi connectivity index (χ1) is 13.9. The lowest BCUT2D eigenvalue weighted by atomic mass is 10.1. The maximum atomic E-state index is 12.3. The normalized spacial score (nSPS) is 13.2. The molecule has 3 N–H and O–H groups in total. The van der Waals surface area contributed by atoms with E-state index in [1.54, 1.807) is 25.2 Å². The largest absolute Gasteiger partial charge is 0.383 e. The molecule has 0 amide bonds. The van der Waals surface area contributed by atoms with Gasteiger partial charge in [0.05, 0.1) is 17.5 Å². The zero-order valence-corrected chi connectivity index (χ0v) is 18.3. The van der Waals surface area contributed by atoms with E-state index in [9.17, 15) is 8.42 Å². The number of sulfonamides is 1. The lowest BCUT2D eigenvalue weighted by molar-refractivity contribution is 0.204. The third-order valence-corrected chi connectivity index (χ3v) is 5.89. The van der Waals surface area contributed by atoms with Gasteiger partial charge in [-0.2, -0.15) is 0 Å². The zero-order chi connectivity index (χ0) is 21.3. The van der Waals surface area contributed by atoms with E-state index in [1.807, 2.05) is 37.3 Å². The first kappa shape index (κ1) is 23.2. The highest BCUT2D eigenvalue weighted by atomic mass is 35.5. The number of guanidine groups is 1. The van der Waals surface area contributed by atoms with E-state index in [2.05, 4.69) is 20.3 Å². The van der Waals surface area contributed by atoms with Crippen LogP contribution in [-0.4, -0.2) is 41.7 Å². The monoisotopic (exact) mass is 438 g/mol. The number of rotatable bonds is 9. The first-order valence-electron chi connectivity index (χ1n) is 9.16. The second kappa shape index (κ2) is 11.2. The van der Waals surface area contributed by atoms with Crippen LogP contribution in [0.25, 0.3) is 0 Å². The van der Waals surface area contributed by atoms with Gasteiger partial charge in [0.2, 0.25) is 10.0 Å². The Morgan fingerprint density at radius 3 is 2.66 bits per heavy atom. The topological polar surface area (TPSA) is 91.8 Å². The maximum absolute atomic E-state index is 12.3. The van der Waals surface area contributed by atoms with Crippen molar-refractivity contribution in [2.45, 2.75) is 24.4 Å². The summed E-state index contributed by atoms with van der Waals surface area (Å²) in [4.78, 5) is 4.44. The summed E-state index contributed by atoms with van der Waals surface area (Å²) in [5.74, 6) is 0.601. The summed E-state index contributed by atoms with van der Waals surface area (Å²) < 4.78 is 32.1. The molecular formula is C20H27ClN4O3S. The van der Waals surface area contributed by atoms with Gasteiger partial charge in [0, 0.05) is 32.3 Å². The highest BCUT2D eigenvalue weighted by Gasteiger charge is 2.14. The van der Waals surface area contributed by atoms with E-state index in [-0.39, 0.29) is 17.5 Å². The molecule has 0 aliphatic carbocycles. The van der Waals surface area contributed by atoms with Gasteiger partial charge in [-0.15, -0.1) is 0 Å². The average molecular weight is 439 g/mol. The number of aliphatic imine (C=N–C) groups is 1. The molecule has 0 heterocycles. The molecule has 0 saturated carbocycles. The van der Waals surface area contributed by atoms with Gasteiger partial charge in [0.15, 0.2) is 5.96 Å². The number of hydrogen-bond donors (Lipinski definition) is 3. The van der Waals surface area contributed by atoms with Crippen molar-refractivity contribution in [3.63, 3.8) is 0 Å². The van der Waals surface area contributed by atoms with Crippen LogP contribution in [0.2, 0.25) is 5.02 Å². The predicted octanol–water partition coefficient (Wildman–Crippen LogP) is 2.69.